The second-order valence-electron chi connectivity index (χ2n) is 8.70. The van der Waals surface area contributed by atoms with Crippen LogP contribution in [0.5, 0.6) is 0 Å². The molecule has 2 aromatic heterocycles. The molecule has 1 unspecified atom stereocenters. The molecule has 2 aliphatic rings. The fourth-order valence-corrected chi connectivity index (χ4v) is 5.94. The molecule has 1 fully saturated rings. The van der Waals surface area contributed by atoms with Gasteiger partial charge in [0, 0.05) is 47.6 Å². The van der Waals surface area contributed by atoms with E-state index in [-0.39, 0.29) is 35.1 Å². The van der Waals surface area contributed by atoms with Crippen LogP contribution in [0.2, 0.25) is 10.0 Å². The van der Waals surface area contributed by atoms with Gasteiger partial charge < -0.3 is 14.3 Å². The van der Waals surface area contributed by atoms with Crippen molar-refractivity contribution in [3.05, 3.63) is 84.1 Å². The molecule has 1 amide bonds. The molecule has 184 valence electrons. The minimum absolute atomic E-state index is 0.0796. The van der Waals surface area contributed by atoms with E-state index in [4.69, 9.17) is 38.3 Å². The van der Waals surface area contributed by atoms with Gasteiger partial charge in [-0.15, -0.1) is 11.3 Å². The van der Waals surface area contributed by atoms with Crippen LogP contribution in [0.1, 0.15) is 53.1 Å². The summed E-state index contributed by atoms with van der Waals surface area (Å²) in [6.45, 7) is 0.988. The Morgan fingerprint density at radius 1 is 1.25 bits per heavy atom. The number of carbonyl (C=O) groups is 1. The highest BCUT2D eigenvalue weighted by Crippen LogP contribution is 2.35. The third-order valence-corrected chi connectivity index (χ3v) is 7.97. The fourth-order valence-electron chi connectivity index (χ4n) is 4.46. The van der Waals surface area contributed by atoms with E-state index in [9.17, 15) is 9.59 Å². The molecule has 5 rings (SSSR count). The van der Waals surface area contributed by atoms with Gasteiger partial charge in [0.15, 0.2) is 6.10 Å². The van der Waals surface area contributed by atoms with Crippen LogP contribution >= 0.6 is 34.5 Å². The number of hydrogen-bond donors (Lipinski definition) is 0. The second kappa shape index (κ2) is 10.4. The number of benzene rings is 1. The molecule has 1 saturated heterocycles. The zero-order chi connectivity index (χ0) is 25.2. The number of nitriles is 1. The Bertz CT molecular complexity index is 1440. The Balaban J connectivity index is 1.18. The van der Waals surface area contributed by atoms with Crippen molar-refractivity contribution in [2.24, 2.45) is 5.16 Å². The Labute approximate surface area is 221 Å². The number of oxime groups is 1. The lowest BCUT2D eigenvalue weighted by Crippen LogP contribution is -2.41. The number of pyridine rings is 1. The van der Waals surface area contributed by atoms with Gasteiger partial charge in [0.25, 0.3) is 5.56 Å². The monoisotopic (exact) mass is 541 g/mol. The van der Waals surface area contributed by atoms with Gasteiger partial charge in [-0.3, -0.25) is 9.59 Å². The highest BCUT2D eigenvalue weighted by atomic mass is 35.5. The number of likely N-dealkylation sites (tertiary alicyclic amines) is 1. The number of nitrogens with zero attached hydrogens (tertiary/aromatic N) is 5. The van der Waals surface area contributed by atoms with Crippen LogP contribution < -0.4 is 5.56 Å². The normalized spacial score (nSPS) is 18.0. The first-order valence-corrected chi connectivity index (χ1v) is 13.1. The fraction of sp³-hybridized carbons (Fsp3) is 0.320. The molecule has 2 aliphatic heterocycles. The number of aromatic nitrogens is 2. The highest BCUT2D eigenvalue weighted by molar-refractivity contribution is 7.10. The smallest absolute Gasteiger partial charge is 0.269 e. The average Bonchev–Trinajstić information content (AvgIpc) is 3.56. The summed E-state index contributed by atoms with van der Waals surface area (Å²) in [6.07, 6.45) is 3.33. The summed E-state index contributed by atoms with van der Waals surface area (Å²) >= 11 is 13.9. The third-order valence-electron chi connectivity index (χ3n) is 6.41. The van der Waals surface area contributed by atoms with Crippen molar-refractivity contribution in [2.45, 2.75) is 37.8 Å². The SMILES string of the molecule is N#Cc1cc(Cl)cn(CC(=O)N2CCC(c3nc(C4=NOC(c5ccccc5Cl)C4)cs3)CC2)c1=O. The van der Waals surface area contributed by atoms with E-state index in [2.05, 4.69) is 5.16 Å². The van der Waals surface area contributed by atoms with Crippen LogP contribution in [0, 0.1) is 11.3 Å². The van der Waals surface area contributed by atoms with E-state index in [1.54, 1.807) is 16.2 Å². The molecule has 0 spiro atoms. The van der Waals surface area contributed by atoms with Crippen LogP contribution in [0.3, 0.4) is 0 Å². The van der Waals surface area contributed by atoms with Crippen molar-refractivity contribution in [3.63, 3.8) is 0 Å². The van der Waals surface area contributed by atoms with Gasteiger partial charge >= 0.3 is 0 Å². The second-order valence-corrected chi connectivity index (χ2v) is 10.4. The number of piperidine rings is 1. The zero-order valence-corrected chi connectivity index (χ0v) is 21.4. The van der Waals surface area contributed by atoms with E-state index in [1.165, 1.54) is 16.8 Å². The molecule has 4 heterocycles. The van der Waals surface area contributed by atoms with E-state index >= 15 is 0 Å². The maximum Gasteiger partial charge on any atom is 0.269 e. The summed E-state index contributed by atoms with van der Waals surface area (Å²) in [5.74, 6) is 0.0683. The molecule has 0 bridgehead atoms. The molecule has 8 nitrogen and oxygen atoms in total. The van der Waals surface area contributed by atoms with Crippen LogP contribution in [-0.4, -0.2) is 39.2 Å². The minimum atomic E-state index is -0.518. The summed E-state index contributed by atoms with van der Waals surface area (Å²) in [5, 5.41) is 17.3. The molecule has 3 aromatic rings. The largest absolute Gasteiger partial charge is 0.387 e. The lowest BCUT2D eigenvalue weighted by molar-refractivity contribution is -0.132. The Morgan fingerprint density at radius 2 is 2.03 bits per heavy atom. The van der Waals surface area contributed by atoms with E-state index in [0.29, 0.717) is 24.5 Å². The van der Waals surface area contributed by atoms with Gasteiger partial charge in [0.05, 0.1) is 15.7 Å². The highest BCUT2D eigenvalue weighted by Gasteiger charge is 2.29. The van der Waals surface area contributed by atoms with Gasteiger partial charge in [-0.2, -0.15) is 5.26 Å². The van der Waals surface area contributed by atoms with Gasteiger partial charge in [0.2, 0.25) is 5.91 Å². The lowest BCUT2D eigenvalue weighted by atomic mass is 9.97. The van der Waals surface area contributed by atoms with Crippen molar-refractivity contribution in [3.8, 4) is 6.07 Å². The first kappa shape index (κ1) is 24.5. The van der Waals surface area contributed by atoms with Crippen LogP contribution in [0.15, 0.2) is 51.9 Å². The van der Waals surface area contributed by atoms with E-state index in [0.717, 1.165) is 34.8 Å². The number of rotatable bonds is 5. The number of hydrogen-bond acceptors (Lipinski definition) is 7. The average molecular weight is 542 g/mol. The van der Waals surface area contributed by atoms with Gasteiger partial charge in [-0.25, -0.2) is 4.98 Å². The Kier molecular flexibility index (Phi) is 7.10. The predicted molar refractivity (Wildman–Crippen MR) is 138 cm³/mol. The summed E-state index contributed by atoms with van der Waals surface area (Å²) in [7, 11) is 0. The van der Waals surface area contributed by atoms with Crippen LogP contribution in [-0.2, 0) is 16.2 Å². The molecule has 1 aromatic carbocycles. The summed E-state index contributed by atoms with van der Waals surface area (Å²) < 4.78 is 1.20. The van der Waals surface area contributed by atoms with Gasteiger partial charge in [-0.1, -0.05) is 46.6 Å². The molecule has 0 saturated carbocycles. The third kappa shape index (κ3) is 5.03. The van der Waals surface area contributed by atoms with Crippen molar-refractivity contribution in [1.82, 2.24) is 14.5 Å². The van der Waals surface area contributed by atoms with Crippen LogP contribution in [0.4, 0.5) is 0 Å². The quantitative estimate of drug-likeness (QED) is 0.463. The Hall–Kier alpha value is -3.19. The summed E-state index contributed by atoms with van der Waals surface area (Å²) in [6, 6.07) is 10.7. The first-order valence-electron chi connectivity index (χ1n) is 11.4. The molecule has 0 aliphatic carbocycles. The number of amides is 1. The summed E-state index contributed by atoms with van der Waals surface area (Å²) in [5.41, 5.74) is 1.93. The molecule has 36 heavy (non-hydrogen) atoms. The maximum absolute atomic E-state index is 12.8. The molecular formula is C25H21Cl2N5O3S. The number of halogens is 2. The Morgan fingerprint density at radius 3 is 2.78 bits per heavy atom. The van der Waals surface area contributed by atoms with E-state index < -0.39 is 5.56 Å². The summed E-state index contributed by atoms with van der Waals surface area (Å²) in [4.78, 5) is 37.3. The molecule has 1 atom stereocenters. The zero-order valence-electron chi connectivity index (χ0n) is 19.1. The standard InChI is InChI=1S/C25H21Cl2N5O3S/c26-17-9-16(11-28)25(34)32(12-17)13-23(33)31-7-5-15(6-8-31)24-29-21(14-36-24)20-10-22(35-30-20)18-3-1-2-4-19(18)27/h1-4,9,12,14-15,22H,5-8,10,13H2. The molecule has 11 heteroatoms. The first-order chi connectivity index (χ1) is 17.4. The predicted octanol–water partition coefficient (Wildman–Crippen LogP) is 4.76. The molecule has 0 radical (unpaired) electrons. The van der Waals surface area contributed by atoms with Crippen LogP contribution in [0.25, 0.3) is 0 Å². The minimum Gasteiger partial charge on any atom is -0.387 e. The lowest BCUT2D eigenvalue weighted by Gasteiger charge is -2.31. The van der Waals surface area contributed by atoms with E-state index in [1.807, 2.05) is 35.7 Å². The van der Waals surface area contributed by atoms with Gasteiger partial charge in [-0.05, 0) is 25.0 Å². The van der Waals surface area contributed by atoms with Crippen molar-refractivity contribution in [2.75, 3.05) is 13.1 Å². The molecular weight excluding hydrogens is 521 g/mol. The van der Waals surface area contributed by atoms with Crippen molar-refractivity contribution in [1.29, 1.82) is 5.26 Å². The van der Waals surface area contributed by atoms with Crippen molar-refractivity contribution >= 4 is 46.2 Å². The van der Waals surface area contributed by atoms with Crippen molar-refractivity contribution < 1.29 is 9.63 Å². The topological polar surface area (TPSA) is 101 Å². The van der Waals surface area contributed by atoms with Gasteiger partial charge in [0.1, 0.15) is 23.9 Å². The maximum atomic E-state index is 12.8. The molecule has 0 N–H and O–H groups in total. The number of thiazole rings is 1. The number of carbonyl (C=O) groups excluding carboxylic acids is 1.